The molecule has 0 spiro atoms. The highest BCUT2D eigenvalue weighted by molar-refractivity contribution is 6.90. The molecule has 0 aliphatic heterocycles. The van der Waals surface area contributed by atoms with Gasteiger partial charge in [0.15, 0.2) is 0 Å². The molecule has 0 fully saturated rings. The van der Waals surface area contributed by atoms with Crippen molar-refractivity contribution in [3.05, 3.63) is 0 Å². The van der Waals surface area contributed by atoms with Crippen LogP contribution in [0.2, 0.25) is 78.6 Å². The highest BCUT2D eigenvalue weighted by Gasteiger charge is 2.34. The molecular formula is C23H58N2O4Si4. The summed E-state index contributed by atoms with van der Waals surface area (Å²) in [6, 6.07) is 0. The molecule has 33 heavy (non-hydrogen) atoms. The molecule has 10 heteroatoms. The van der Waals surface area contributed by atoms with Crippen molar-refractivity contribution in [3.63, 3.8) is 0 Å². The molecule has 0 aliphatic rings. The maximum atomic E-state index is 5.81. The SMILES string of the molecule is C[Si](C)(C)N(CCCOCCOCCOCCOCCN([Si](C)(C)C)[Si](C)(C)C)[Si](C)(C)C. The lowest BCUT2D eigenvalue weighted by Crippen LogP contribution is -2.59. The average molecular weight is 539 g/mol. The maximum Gasteiger partial charge on any atom is 0.112 e. The van der Waals surface area contributed by atoms with Crippen LogP contribution in [0.25, 0.3) is 0 Å². The molecule has 0 unspecified atom stereocenters. The van der Waals surface area contributed by atoms with E-state index in [0.717, 1.165) is 32.7 Å². The van der Waals surface area contributed by atoms with Gasteiger partial charge in [0, 0.05) is 13.2 Å². The van der Waals surface area contributed by atoms with E-state index >= 15 is 0 Å². The minimum Gasteiger partial charge on any atom is -0.379 e. The second kappa shape index (κ2) is 15.7. The fourth-order valence-electron chi connectivity index (χ4n) is 4.60. The number of rotatable bonds is 20. The minimum absolute atomic E-state index is 0.612. The Hall–Kier alpha value is 0.628. The highest BCUT2D eigenvalue weighted by Crippen LogP contribution is 2.20. The first-order valence-electron chi connectivity index (χ1n) is 12.8. The van der Waals surface area contributed by atoms with Gasteiger partial charge in [0.2, 0.25) is 0 Å². The lowest BCUT2D eigenvalue weighted by molar-refractivity contribution is -0.00226. The van der Waals surface area contributed by atoms with Crippen LogP contribution in [-0.4, -0.2) is 107 Å². The molecule has 0 aromatic carbocycles. The van der Waals surface area contributed by atoms with Crippen LogP contribution in [-0.2, 0) is 18.9 Å². The van der Waals surface area contributed by atoms with Crippen molar-refractivity contribution in [3.8, 4) is 0 Å². The predicted octanol–water partition coefficient (Wildman–Crippen LogP) is 5.39. The molecule has 0 saturated heterocycles. The summed E-state index contributed by atoms with van der Waals surface area (Å²) in [5.74, 6) is 0. The zero-order chi connectivity index (χ0) is 25.8. The predicted molar refractivity (Wildman–Crippen MR) is 155 cm³/mol. The summed E-state index contributed by atoms with van der Waals surface area (Å²) < 4.78 is 28.4. The quantitative estimate of drug-likeness (QED) is 0.153. The second-order valence-corrected chi connectivity index (χ2v) is 33.2. The molecule has 0 heterocycles. The molecule has 6 nitrogen and oxygen atoms in total. The van der Waals surface area contributed by atoms with E-state index in [9.17, 15) is 0 Å². The number of hydrogen-bond acceptors (Lipinski definition) is 6. The molecule has 0 N–H and O–H groups in total. The Morgan fingerprint density at radius 2 is 0.636 bits per heavy atom. The Morgan fingerprint density at radius 1 is 0.364 bits per heavy atom. The normalized spacial score (nSPS) is 14.0. The smallest absolute Gasteiger partial charge is 0.112 e. The Balaban J connectivity index is 3.64. The van der Waals surface area contributed by atoms with Gasteiger partial charge in [0.25, 0.3) is 0 Å². The zero-order valence-corrected chi connectivity index (χ0v) is 28.3. The Bertz CT molecular complexity index is 429. The van der Waals surface area contributed by atoms with Gasteiger partial charge < -0.3 is 27.4 Å². The number of ether oxygens (including phenoxy) is 4. The first-order valence-corrected chi connectivity index (χ1v) is 26.6. The molecule has 200 valence electrons. The van der Waals surface area contributed by atoms with Crippen molar-refractivity contribution >= 4 is 32.9 Å². The van der Waals surface area contributed by atoms with Gasteiger partial charge >= 0.3 is 0 Å². The molecule has 0 aromatic rings. The van der Waals surface area contributed by atoms with E-state index in [1.807, 2.05) is 0 Å². The van der Waals surface area contributed by atoms with E-state index in [1.165, 1.54) is 0 Å². The zero-order valence-electron chi connectivity index (χ0n) is 24.3. The van der Waals surface area contributed by atoms with Crippen molar-refractivity contribution in [2.75, 3.05) is 65.9 Å². The van der Waals surface area contributed by atoms with E-state index in [2.05, 4.69) is 87.0 Å². The van der Waals surface area contributed by atoms with Gasteiger partial charge in [-0.15, -0.1) is 0 Å². The van der Waals surface area contributed by atoms with Gasteiger partial charge in [-0.1, -0.05) is 78.6 Å². The molecule has 0 rings (SSSR count). The van der Waals surface area contributed by atoms with E-state index in [1.54, 1.807) is 0 Å². The third-order valence-electron chi connectivity index (χ3n) is 5.48. The summed E-state index contributed by atoms with van der Waals surface area (Å²) in [6.07, 6.45) is 1.10. The van der Waals surface area contributed by atoms with E-state index in [0.29, 0.717) is 39.6 Å². The fourth-order valence-corrected chi connectivity index (χ4v) is 23.9. The summed E-state index contributed by atoms with van der Waals surface area (Å²) in [6.45, 7) is 36.9. The molecule has 0 aliphatic carbocycles. The van der Waals surface area contributed by atoms with Crippen LogP contribution in [0.5, 0.6) is 0 Å². The molecule has 0 atom stereocenters. The van der Waals surface area contributed by atoms with Crippen molar-refractivity contribution in [1.82, 2.24) is 8.46 Å². The fraction of sp³-hybridized carbons (Fsp3) is 1.00. The highest BCUT2D eigenvalue weighted by atomic mass is 28.4. The van der Waals surface area contributed by atoms with Crippen molar-refractivity contribution in [2.45, 2.75) is 85.0 Å². The van der Waals surface area contributed by atoms with Gasteiger partial charge in [-0.05, 0) is 13.0 Å². The van der Waals surface area contributed by atoms with E-state index in [4.69, 9.17) is 18.9 Å². The minimum atomic E-state index is -1.29. The van der Waals surface area contributed by atoms with Crippen LogP contribution < -0.4 is 0 Å². The topological polar surface area (TPSA) is 43.4 Å². The first kappa shape index (κ1) is 33.6. The lowest BCUT2D eigenvalue weighted by atomic mass is 10.5. The van der Waals surface area contributed by atoms with Gasteiger partial charge in [-0.25, -0.2) is 0 Å². The van der Waals surface area contributed by atoms with Crippen molar-refractivity contribution < 1.29 is 18.9 Å². The molecule has 0 aromatic heterocycles. The largest absolute Gasteiger partial charge is 0.379 e. The first-order chi connectivity index (χ1) is 15.0. The monoisotopic (exact) mass is 538 g/mol. The third-order valence-corrected chi connectivity index (χ3v) is 20.9. The maximum absolute atomic E-state index is 5.81. The average Bonchev–Trinajstić information content (AvgIpc) is 2.59. The summed E-state index contributed by atoms with van der Waals surface area (Å²) >= 11 is 0. The third kappa shape index (κ3) is 16.8. The van der Waals surface area contributed by atoms with E-state index in [-0.39, 0.29) is 0 Å². The van der Waals surface area contributed by atoms with Crippen LogP contribution in [0, 0.1) is 0 Å². The lowest BCUT2D eigenvalue weighted by Gasteiger charge is -2.43. The molecule has 0 bridgehead atoms. The summed E-state index contributed by atoms with van der Waals surface area (Å²) in [4.78, 5) is 0. The summed E-state index contributed by atoms with van der Waals surface area (Å²) in [5, 5.41) is 0. The summed E-state index contributed by atoms with van der Waals surface area (Å²) in [5.41, 5.74) is 0. The van der Waals surface area contributed by atoms with Gasteiger partial charge in [0.1, 0.15) is 32.9 Å². The van der Waals surface area contributed by atoms with Crippen LogP contribution >= 0.6 is 0 Å². The second-order valence-electron chi connectivity index (χ2n) is 12.8. The Morgan fingerprint density at radius 3 is 0.970 bits per heavy atom. The molecular weight excluding hydrogens is 481 g/mol. The summed E-state index contributed by atoms with van der Waals surface area (Å²) in [7, 11) is -5.09. The molecule has 0 radical (unpaired) electrons. The van der Waals surface area contributed by atoms with Crippen molar-refractivity contribution in [2.24, 2.45) is 0 Å². The number of nitrogens with zero attached hydrogens (tertiary/aromatic N) is 2. The Kier molecular flexibility index (Phi) is 16.0. The van der Waals surface area contributed by atoms with Crippen LogP contribution in [0.1, 0.15) is 6.42 Å². The standard InChI is InChI=1S/C23H58N2O4Si4/c1-30(2,3)24(31(4,5)6)14-13-16-26-18-20-28-22-23-29-21-19-27-17-15-25(32(7,8)9)33(10,11)12/h13-23H2,1-12H3. The number of hydrogen-bond donors (Lipinski definition) is 0. The molecule has 0 saturated carbocycles. The van der Waals surface area contributed by atoms with Gasteiger partial charge in [-0.3, -0.25) is 0 Å². The Labute approximate surface area is 211 Å². The van der Waals surface area contributed by atoms with E-state index < -0.39 is 32.9 Å². The van der Waals surface area contributed by atoms with Crippen LogP contribution in [0.4, 0.5) is 0 Å². The van der Waals surface area contributed by atoms with Gasteiger partial charge in [0.05, 0.1) is 46.2 Å². The van der Waals surface area contributed by atoms with Gasteiger partial charge in [-0.2, -0.15) is 0 Å². The van der Waals surface area contributed by atoms with Crippen LogP contribution in [0.3, 0.4) is 0 Å². The van der Waals surface area contributed by atoms with Crippen LogP contribution in [0.15, 0.2) is 0 Å². The van der Waals surface area contributed by atoms with Crippen molar-refractivity contribution in [1.29, 1.82) is 0 Å². The molecule has 0 amide bonds.